The largest absolute Gasteiger partial charge is 0.323 e. The monoisotopic (exact) mass is 440 g/mol. The lowest BCUT2D eigenvalue weighted by Gasteiger charge is -2.15. The van der Waals surface area contributed by atoms with E-state index in [1.54, 1.807) is 24.3 Å². The molecule has 2 aromatic carbocycles. The van der Waals surface area contributed by atoms with E-state index in [4.69, 9.17) is 11.6 Å². The molecule has 4 rings (SSSR count). The van der Waals surface area contributed by atoms with Crippen LogP contribution in [0.15, 0.2) is 54.6 Å². The molecule has 0 radical (unpaired) electrons. The van der Waals surface area contributed by atoms with Gasteiger partial charge in [-0.05, 0) is 24.3 Å². The number of pyridine rings is 1. The molecule has 3 aromatic rings. The number of para-hydroxylation sites is 1. The summed E-state index contributed by atoms with van der Waals surface area (Å²) < 4.78 is 0. The summed E-state index contributed by atoms with van der Waals surface area (Å²) in [5, 5.41) is 1.27. The van der Waals surface area contributed by atoms with Crippen molar-refractivity contribution in [2.45, 2.75) is 0 Å². The van der Waals surface area contributed by atoms with Gasteiger partial charge in [-0.15, -0.1) is 11.8 Å². The van der Waals surface area contributed by atoms with Crippen molar-refractivity contribution in [3.63, 3.8) is 0 Å². The van der Waals surface area contributed by atoms with Crippen LogP contribution in [-0.2, 0) is 9.59 Å². The molecule has 1 aromatic heterocycles. The molecule has 152 valence electrons. The lowest BCUT2D eigenvalue weighted by atomic mass is 10.0. The van der Waals surface area contributed by atoms with Gasteiger partial charge >= 0.3 is 0 Å². The molecule has 0 atom stereocenters. The van der Waals surface area contributed by atoms with Gasteiger partial charge in [0.25, 0.3) is 11.8 Å². The standard InChI is InChI=1S/C21H17ClN4O3S/c22-14-7-5-13(6-8-14)18-9-16(15-3-1-2-4-17(15)23-18)21(29)25-24-19(27)10-26-12-30-11-20(26)28/h1-9H,10-12H2,(H,24,27)(H,25,29). The molecule has 2 N–H and O–H groups in total. The zero-order valence-electron chi connectivity index (χ0n) is 15.7. The van der Waals surface area contributed by atoms with Crippen LogP contribution in [0.5, 0.6) is 0 Å². The van der Waals surface area contributed by atoms with Crippen LogP contribution in [0, 0.1) is 0 Å². The fraction of sp³-hybridized carbons (Fsp3) is 0.143. The molecular formula is C21H17ClN4O3S. The Kier molecular flexibility index (Phi) is 5.87. The fourth-order valence-electron chi connectivity index (χ4n) is 3.08. The molecule has 1 saturated heterocycles. The first kappa shape index (κ1) is 20.2. The van der Waals surface area contributed by atoms with Crippen LogP contribution in [0.1, 0.15) is 10.4 Å². The van der Waals surface area contributed by atoms with Gasteiger partial charge < -0.3 is 4.90 Å². The van der Waals surface area contributed by atoms with Crippen LogP contribution in [-0.4, -0.2) is 45.8 Å². The van der Waals surface area contributed by atoms with Crippen molar-refractivity contribution in [2.24, 2.45) is 0 Å². The lowest BCUT2D eigenvalue weighted by molar-refractivity contribution is -0.132. The predicted octanol–water partition coefficient (Wildman–Crippen LogP) is 2.85. The first-order chi connectivity index (χ1) is 14.5. The maximum atomic E-state index is 12.8. The number of aromatic nitrogens is 1. The number of hydrogen-bond acceptors (Lipinski definition) is 5. The Labute approximate surface area is 181 Å². The Bertz CT molecular complexity index is 1140. The maximum Gasteiger partial charge on any atom is 0.270 e. The number of fused-ring (bicyclic) bond motifs is 1. The molecule has 2 heterocycles. The van der Waals surface area contributed by atoms with Crippen molar-refractivity contribution in [2.75, 3.05) is 18.2 Å². The van der Waals surface area contributed by atoms with Gasteiger partial charge in [0.05, 0.1) is 28.4 Å². The minimum atomic E-state index is -0.473. The summed E-state index contributed by atoms with van der Waals surface area (Å²) in [6, 6.07) is 16.1. The molecule has 1 aliphatic rings. The Morgan fingerprint density at radius 1 is 1.10 bits per heavy atom. The third-order valence-electron chi connectivity index (χ3n) is 4.58. The Hall–Kier alpha value is -3.10. The summed E-state index contributed by atoms with van der Waals surface area (Å²) in [5.41, 5.74) is 7.27. The molecule has 0 unspecified atom stereocenters. The minimum absolute atomic E-state index is 0.0887. The van der Waals surface area contributed by atoms with E-state index in [0.29, 0.717) is 38.8 Å². The highest BCUT2D eigenvalue weighted by Gasteiger charge is 2.23. The number of thioether (sulfide) groups is 1. The van der Waals surface area contributed by atoms with E-state index >= 15 is 0 Å². The molecule has 1 fully saturated rings. The molecule has 3 amide bonds. The van der Waals surface area contributed by atoms with E-state index in [2.05, 4.69) is 15.8 Å². The molecule has 0 aliphatic carbocycles. The lowest BCUT2D eigenvalue weighted by Crippen LogP contribution is -2.46. The second-order valence-electron chi connectivity index (χ2n) is 6.65. The van der Waals surface area contributed by atoms with E-state index < -0.39 is 11.8 Å². The average Bonchev–Trinajstić information content (AvgIpc) is 3.16. The first-order valence-electron chi connectivity index (χ1n) is 9.12. The summed E-state index contributed by atoms with van der Waals surface area (Å²) in [7, 11) is 0. The smallest absolute Gasteiger partial charge is 0.270 e. The summed E-state index contributed by atoms with van der Waals surface area (Å²) >= 11 is 7.42. The molecule has 0 saturated carbocycles. The van der Waals surface area contributed by atoms with Crippen LogP contribution >= 0.6 is 23.4 Å². The van der Waals surface area contributed by atoms with Crippen molar-refractivity contribution in [3.8, 4) is 11.3 Å². The molecule has 0 spiro atoms. The van der Waals surface area contributed by atoms with Crippen LogP contribution in [0.2, 0.25) is 5.02 Å². The van der Waals surface area contributed by atoms with Crippen molar-refractivity contribution in [1.82, 2.24) is 20.7 Å². The van der Waals surface area contributed by atoms with E-state index in [-0.39, 0.29) is 12.5 Å². The number of halogens is 1. The fourth-order valence-corrected chi connectivity index (χ4v) is 4.11. The maximum absolute atomic E-state index is 12.8. The highest BCUT2D eigenvalue weighted by Crippen LogP contribution is 2.26. The van der Waals surface area contributed by atoms with Gasteiger partial charge in [-0.3, -0.25) is 25.2 Å². The summed E-state index contributed by atoms with van der Waals surface area (Å²) in [6.45, 7) is -0.0980. The third-order valence-corrected chi connectivity index (χ3v) is 5.77. The highest BCUT2D eigenvalue weighted by molar-refractivity contribution is 8.00. The van der Waals surface area contributed by atoms with Crippen LogP contribution in [0.25, 0.3) is 22.2 Å². The zero-order chi connectivity index (χ0) is 21.1. The van der Waals surface area contributed by atoms with E-state index in [1.807, 2.05) is 30.3 Å². The van der Waals surface area contributed by atoms with Crippen molar-refractivity contribution in [3.05, 3.63) is 65.2 Å². The number of carbonyl (C=O) groups is 3. The van der Waals surface area contributed by atoms with Gasteiger partial charge in [-0.2, -0.15) is 0 Å². The Morgan fingerprint density at radius 2 is 1.87 bits per heavy atom. The molecule has 7 nitrogen and oxygen atoms in total. The Balaban J connectivity index is 1.56. The van der Waals surface area contributed by atoms with Gasteiger partial charge in [-0.25, -0.2) is 4.98 Å². The van der Waals surface area contributed by atoms with Crippen LogP contribution in [0.4, 0.5) is 0 Å². The number of hydrogen-bond donors (Lipinski definition) is 2. The van der Waals surface area contributed by atoms with E-state index in [9.17, 15) is 14.4 Å². The first-order valence-corrected chi connectivity index (χ1v) is 10.6. The molecule has 0 bridgehead atoms. The number of carbonyl (C=O) groups excluding carboxylic acids is 3. The normalized spacial score (nSPS) is 13.5. The Morgan fingerprint density at radius 3 is 2.60 bits per heavy atom. The number of nitrogens with zero attached hydrogens (tertiary/aromatic N) is 2. The third kappa shape index (κ3) is 4.39. The van der Waals surface area contributed by atoms with Gasteiger partial charge in [0.2, 0.25) is 5.91 Å². The van der Waals surface area contributed by atoms with Gasteiger partial charge in [-0.1, -0.05) is 41.9 Å². The minimum Gasteiger partial charge on any atom is -0.323 e. The topological polar surface area (TPSA) is 91.4 Å². The second-order valence-corrected chi connectivity index (χ2v) is 8.04. The highest BCUT2D eigenvalue weighted by atomic mass is 35.5. The summed E-state index contributed by atoms with van der Waals surface area (Å²) in [5.74, 6) is -0.181. The number of hydrazine groups is 1. The van der Waals surface area contributed by atoms with Gasteiger partial charge in [0.1, 0.15) is 6.54 Å². The number of amides is 3. The van der Waals surface area contributed by atoms with Gasteiger partial charge in [0.15, 0.2) is 0 Å². The SMILES string of the molecule is O=C(CN1CSCC1=O)NNC(=O)c1cc(-c2ccc(Cl)cc2)nc2ccccc12. The average molecular weight is 441 g/mol. The van der Waals surface area contributed by atoms with Crippen LogP contribution < -0.4 is 10.9 Å². The predicted molar refractivity (Wildman–Crippen MR) is 117 cm³/mol. The van der Waals surface area contributed by atoms with Gasteiger partial charge in [0, 0.05) is 16.0 Å². The van der Waals surface area contributed by atoms with E-state index in [1.165, 1.54) is 16.7 Å². The van der Waals surface area contributed by atoms with Crippen LogP contribution in [0.3, 0.4) is 0 Å². The number of benzene rings is 2. The van der Waals surface area contributed by atoms with Crippen molar-refractivity contribution >= 4 is 52.0 Å². The molecular weight excluding hydrogens is 424 g/mol. The second kappa shape index (κ2) is 8.73. The van der Waals surface area contributed by atoms with Crippen molar-refractivity contribution in [1.29, 1.82) is 0 Å². The molecule has 9 heteroatoms. The van der Waals surface area contributed by atoms with E-state index in [0.717, 1.165) is 5.56 Å². The number of nitrogens with one attached hydrogen (secondary N) is 2. The van der Waals surface area contributed by atoms with Crippen molar-refractivity contribution < 1.29 is 14.4 Å². The summed E-state index contributed by atoms with van der Waals surface area (Å²) in [6.07, 6.45) is 0. The zero-order valence-corrected chi connectivity index (χ0v) is 17.3. The number of rotatable bonds is 4. The quantitative estimate of drug-likeness (QED) is 0.609. The molecule has 30 heavy (non-hydrogen) atoms. The molecule has 1 aliphatic heterocycles. The summed E-state index contributed by atoms with van der Waals surface area (Å²) in [4.78, 5) is 42.7.